The molecule has 0 bridgehead atoms. The standard InChI is InChI=1S/C23H26F3NO4.C15H21NO4/c1-30-21(28)11-7-3-6-10-20(22(29)27-19-8-4-2-5-9-19)31-16-17-12-14-18(15-13-17)23(24,25)26;1-20-14(18)11-7-3-6-10-13(17)15(19)16-12-8-4-2-5-9-12/h2,4-5,8-9,12-15,20H,3,6-7,10-11,16H2,1H3,(H,27,29);2,4-5,8-9,13,17H,3,6-7,10-11H2,1H3,(H,16,19). The van der Waals surface area contributed by atoms with Crippen molar-refractivity contribution in [3.63, 3.8) is 0 Å². The summed E-state index contributed by atoms with van der Waals surface area (Å²) in [5, 5.41) is 15.2. The van der Waals surface area contributed by atoms with Gasteiger partial charge in [-0.25, -0.2) is 0 Å². The van der Waals surface area contributed by atoms with Crippen LogP contribution in [-0.4, -0.2) is 55.3 Å². The summed E-state index contributed by atoms with van der Waals surface area (Å²) in [6.45, 7) is 0.00712. The van der Waals surface area contributed by atoms with E-state index < -0.39 is 29.9 Å². The summed E-state index contributed by atoms with van der Waals surface area (Å²) in [6.07, 6.45) is -0.517. The highest BCUT2D eigenvalue weighted by Crippen LogP contribution is 2.29. The van der Waals surface area contributed by atoms with Gasteiger partial charge in [-0.1, -0.05) is 74.2 Å². The molecule has 3 rings (SSSR count). The molecule has 0 saturated carbocycles. The van der Waals surface area contributed by atoms with Crippen molar-refractivity contribution in [2.24, 2.45) is 0 Å². The number of alkyl halides is 3. The van der Waals surface area contributed by atoms with E-state index in [1.54, 1.807) is 36.4 Å². The van der Waals surface area contributed by atoms with E-state index in [9.17, 15) is 37.5 Å². The molecule has 2 unspecified atom stereocenters. The van der Waals surface area contributed by atoms with E-state index in [1.807, 2.05) is 24.3 Å². The van der Waals surface area contributed by atoms with Gasteiger partial charge in [-0.3, -0.25) is 19.2 Å². The molecule has 13 heteroatoms. The summed E-state index contributed by atoms with van der Waals surface area (Å²) in [5.41, 5.74) is 1.10. The molecule has 0 radical (unpaired) electrons. The van der Waals surface area contributed by atoms with Gasteiger partial charge in [-0.15, -0.1) is 0 Å². The van der Waals surface area contributed by atoms with Crippen molar-refractivity contribution >= 4 is 35.1 Å². The number of anilines is 2. The molecule has 10 nitrogen and oxygen atoms in total. The van der Waals surface area contributed by atoms with Crippen LogP contribution >= 0.6 is 0 Å². The Morgan fingerprint density at radius 1 is 0.647 bits per heavy atom. The van der Waals surface area contributed by atoms with Gasteiger partial charge in [0.1, 0.15) is 12.2 Å². The Labute approximate surface area is 296 Å². The molecule has 0 aromatic heterocycles. The SMILES string of the molecule is COC(=O)CCCCCC(O)C(=O)Nc1ccccc1.COC(=O)CCCCCC(OCc1ccc(C(F)(F)F)cc1)C(=O)Nc1ccccc1. The fourth-order valence-electron chi connectivity index (χ4n) is 4.66. The largest absolute Gasteiger partial charge is 0.469 e. The lowest BCUT2D eigenvalue weighted by Crippen LogP contribution is -2.30. The van der Waals surface area contributed by atoms with E-state index in [4.69, 9.17) is 4.74 Å². The van der Waals surface area contributed by atoms with Crippen molar-refractivity contribution in [1.82, 2.24) is 0 Å². The second-order valence-corrected chi connectivity index (χ2v) is 11.6. The Morgan fingerprint density at radius 2 is 1.12 bits per heavy atom. The Balaban J connectivity index is 0.000000389. The number of hydrogen-bond donors (Lipinski definition) is 3. The number of amides is 2. The minimum absolute atomic E-state index is 0.00712. The summed E-state index contributed by atoms with van der Waals surface area (Å²) < 4.78 is 53.0. The molecule has 0 heterocycles. The van der Waals surface area contributed by atoms with Crippen LogP contribution in [0.25, 0.3) is 0 Å². The number of nitrogens with one attached hydrogen (secondary N) is 2. The first-order valence-corrected chi connectivity index (χ1v) is 16.7. The van der Waals surface area contributed by atoms with Crippen molar-refractivity contribution in [3.05, 3.63) is 96.1 Å². The minimum atomic E-state index is -4.40. The van der Waals surface area contributed by atoms with Crippen LogP contribution in [0.1, 0.15) is 75.3 Å². The molecule has 2 atom stereocenters. The number of carbonyl (C=O) groups is 4. The maximum atomic E-state index is 12.7. The lowest BCUT2D eigenvalue weighted by molar-refractivity contribution is -0.141. The number of esters is 2. The number of halogens is 3. The highest BCUT2D eigenvalue weighted by Gasteiger charge is 2.30. The molecule has 0 spiro atoms. The Morgan fingerprint density at radius 3 is 1.59 bits per heavy atom. The van der Waals surface area contributed by atoms with Crippen LogP contribution in [-0.2, 0) is 46.2 Å². The van der Waals surface area contributed by atoms with E-state index in [1.165, 1.54) is 26.4 Å². The number of rotatable bonds is 19. The zero-order valence-corrected chi connectivity index (χ0v) is 29.0. The van der Waals surface area contributed by atoms with E-state index in [0.717, 1.165) is 18.6 Å². The van der Waals surface area contributed by atoms with Crippen molar-refractivity contribution in [2.45, 2.75) is 89.2 Å². The summed E-state index contributed by atoms with van der Waals surface area (Å²) in [7, 11) is 2.70. The Hall–Kier alpha value is -4.75. The fraction of sp³-hybridized carbons (Fsp3) is 0.421. The van der Waals surface area contributed by atoms with Crippen LogP contribution in [0.15, 0.2) is 84.9 Å². The third-order valence-corrected chi connectivity index (χ3v) is 7.57. The van der Waals surface area contributed by atoms with Crippen molar-refractivity contribution in [3.8, 4) is 0 Å². The maximum absolute atomic E-state index is 12.7. The molecule has 0 aliphatic rings. The van der Waals surface area contributed by atoms with E-state index in [0.29, 0.717) is 74.7 Å². The van der Waals surface area contributed by atoms with Gasteiger partial charge in [-0.05, 0) is 67.6 Å². The van der Waals surface area contributed by atoms with Crippen molar-refractivity contribution < 1.29 is 51.7 Å². The van der Waals surface area contributed by atoms with Crippen LogP contribution in [0.2, 0.25) is 0 Å². The van der Waals surface area contributed by atoms with Crippen LogP contribution in [0.3, 0.4) is 0 Å². The van der Waals surface area contributed by atoms with Gasteiger partial charge >= 0.3 is 18.1 Å². The van der Waals surface area contributed by atoms with Crippen LogP contribution in [0.5, 0.6) is 0 Å². The summed E-state index contributed by atoms with van der Waals surface area (Å²) in [5.74, 6) is -1.24. The average molecular weight is 717 g/mol. The number of aliphatic hydroxyl groups excluding tert-OH is 1. The second-order valence-electron chi connectivity index (χ2n) is 11.6. The quantitative estimate of drug-likeness (QED) is 0.0858. The number of ether oxygens (including phenoxy) is 3. The molecule has 0 fully saturated rings. The first-order chi connectivity index (χ1) is 24.4. The van der Waals surface area contributed by atoms with Gasteiger partial charge in [0.05, 0.1) is 26.4 Å². The van der Waals surface area contributed by atoms with E-state index >= 15 is 0 Å². The second kappa shape index (κ2) is 23.6. The van der Waals surface area contributed by atoms with Gasteiger partial charge in [0, 0.05) is 24.2 Å². The molecule has 3 N–H and O–H groups in total. The normalized spacial score (nSPS) is 12.0. The third-order valence-electron chi connectivity index (χ3n) is 7.57. The fourth-order valence-corrected chi connectivity index (χ4v) is 4.66. The smallest absolute Gasteiger partial charge is 0.416 e. The van der Waals surface area contributed by atoms with Gasteiger partial charge < -0.3 is 30.0 Å². The average Bonchev–Trinajstić information content (AvgIpc) is 3.13. The lowest BCUT2D eigenvalue weighted by Gasteiger charge is -2.18. The van der Waals surface area contributed by atoms with Crippen molar-refractivity contribution in [1.29, 1.82) is 0 Å². The topological polar surface area (TPSA) is 140 Å². The molecular weight excluding hydrogens is 669 g/mol. The van der Waals surface area contributed by atoms with E-state index in [-0.39, 0.29) is 24.5 Å². The number of para-hydroxylation sites is 2. The predicted octanol–water partition coefficient (Wildman–Crippen LogP) is 7.46. The monoisotopic (exact) mass is 716 g/mol. The van der Waals surface area contributed by atoms with Gasteiger partial charge in [-0.2, -0.15) is 13.2 Å². The van der Waals surface area contributed by atoms with Gasteiger partial charge in [0.25, 0.3) is 11.8 Å². The van der Waals surface area contributed by atoms with E-state index in [2.05, 4.69) is 20.1 Å². The van der Waals surface area contributed by atoms with Gasteiger partial charge in [0.15, 0.2) is 0 Å². The molecule has 3 aromatic carbocycles. The molecule has 3 aromatic rings. The minimum Gasteiger partial charge on any atom is -0.469 e. The number of benzene rings is 3. The zero-order chi connectivity index (χ0) is 37.5. The zero-order valence-electron chi connectivity index (χ0n) is 29.0. The maximum Gasteiger partial charge on any atom is 0.416 e. The first-order valence-electron chi connectivity index (χ1n) is 16.7. The van der Waals surface area contributed by atoms with Crippen LogP contribution < -0.4 is 10.6 Å². The predicted molar refractivity (Wildman–Crippen MR) is 186 cm³/mol. The van der Waals surface area contributed by atoms with Crippen molar-refractivity contribution in [2.75, 3.05) is 24.9 Å². The molecule has 0 aliphatic carbocycles. The Bertz CT molecular complexity index is 1460. The molecule has 51 heavy (non-hydrogen) atoms. The molecule has 0 aliphatic heterocycles. The molecular formula is C38H47F3N2O8. The number of carbonyl (C=O) groups excluding carboxylic acids is 4. The summed E-state index contributed by atoms with van der Waals surface area (Å²) >= 11 is 0. The molecule has 0 saturated heterocycles. The summed E-state index contributed by atoms with van der Waals surface area (Å²) in [6, 6.07) is 22.6. The van der Waals surface area contributed by atoms with Gasteiger partial charge in [0.2, 0.25) is 0 Å². The lowest BCUT2D eigenvalue weighted by atomic mass is 10.1. The number of unbranched alkanes of at least 4 members (excludes halogenated alkanes) is 4. The highest BCUT2D eigenvalue weighted by atomic mass is 19.4. The highest BCUT2D eigenvalue weighted by molar-refractivity contribution is 5.94. The molecule has 2 amide bonds. The number of methoxy groups -OCH3 is 2. The first kappa shape index (κ1) is 42.4. The third kappa shape index (κ3) is 18.2. The number of aliphatic hydroxyl groups is 1. The molecule has 278 valence electrons. The Kier molecular flexibility index (Phi) is 19.6. The summed E-state index contributed by atoms with van der Waals surface area (Å²) in [4.78, 5) is 46.4. The van der Waals surface area contributed by atoms with Crippen LogP contribution in [0.4, 0.5) is 24.5 Å². The van der Waals surface area contributed by atoms with Crippen LogP contribution in [0, 0.1) is 0 Å². The number of hydrogen-bond acceptors (Lipinski definition) is 8.